The normalized spacial score (nSPS) is 35.6. The molecular formula is C11H21NO2. The fourth-order valence-corrected chi connectivity index (χ4v) is 2.69. The van der Waals surface area contributed by atoms with Crippen molar-refractivity contribution in [2.45, 2.75) is 37.8 Å². The molecule has 2 rings (SSSR count). The molecule has 0 bridgehead atoms. The summed E-state index contributed by atoms with van der Waals surface area (Å²) in [7, 11) is 1.82. The summed E-state index contributed by atoms with van der Waals surface area (Å²) in [5.41, 5.74) is 0. The number of aliphatic hydroxyl groups is 1. The Balaban J connectivity index is 1.75. The van der Waals surface area contributed by atoms with Gasteiger partial charge in [0.2, 0.25) is 0 Å². The molecule has 2 aliphatic rings. The standard InChI is InChI=1S/C11H21NO2/c1-14-11-4-2-3-10(5-11)12-6-9(7-12)8-13/h9-11,13H,2-8H2,1H3. The van der Waals surface area contributed by atoms with E-state index in [1.807, 2.05) is 7.11 Å². The van der Waals surface area contributed by atoms with Gasteiger partial charge in [0, 0.05) is 38.8 Å². The molecule has 1 heterocycles. The Morgan fingerprint density at radius 2 is 2.14 bits per heavy atom. The van der Waals surface area contributed by atoms with E-state index in [0.717, 1.165) is 19.1 Å². The summed E-state index contributed by atoms with van der Waals surface area (Å²) in [5.74, 6) is 0.540. The van der Waals surface area contributed by atoms with Crippen LogP contribution in [0.3, 0.4) is 0 Å². The molecule has 1 saturated carbocycles. The van der Waals surface area contributed by atoms with Gasteiger partial charge in [-0.15, -0.1) is 0 Å². The number of hydrogen-bond acceptors (Lipinski definition) is 3. The van der Waals surface area contributed by atoms with Gasteiger partial charge in [0.05, 0.1) is 6.10 Å². The zero-order valence-electron chi connectivity index (χ0n) is 8.98. The van der Waals surface area contributed by atoms with Crippen molar-refractivity contribution in [3.63, 3.8) is 0 Å². The van der Waals surface area contributed by atoms with Gasteiger partial charge in [-0.3, -0.25) is 4.90 Å². The summed E-state index contributed by atoms with van der Waals surface area (Å²) in [6.45, 7) is 2.55. The lowest BCUT2D eigenvalue weighted by Crippen LogP contribution is -2.54. The summed E-state index contributed by atoms with van der Waals surface area (Å²) in [4.78, 5) is 2.51. The minimum Gasteiger partial charge on any atom is -0.396 e. The second-order valence-corrected chi connectivity index (χ2v) is 4.68. The Morgan fingerprint density at radius 3 is 2.79 bits per heavy atom. The van der Waals surface area contributed by atoms with Gasteiger partial charge in [0.15, 0.2) is 0 Å². The van der Waals surface area contributed by atoms with Crippen LogP contribution in [-0.4, -0.2) is 49.0 Å². The number of hydrogen-bond donors (Lipinski definition) is 1. The van der Waals surface area contributed by atoms with Gasteiger partial charge in [-0.1, -0.05) is 0 Å². The molecule has 0 amide bonds. The van der Waals surface area contributed by atoms with E-state index in [4.69, 9.17) is 9.84 Å². The number of rotatable bonds is 3. The lowest BCUT2D eigenvalue weighted by atomic mass is 9.88. The van der Waals surface area contributed by atoms with Crippen LogP contribution in [0.25, 0.3) is 0 Å². The van der Waals surface area contributed by atoms with Crippen LogP contribution in [0.2, 0.25) is 0 Å². The van der Waals surface area contributed by atoms with Crippen LogP contribution in [0, 0.1) is 5.92 Å². The predicted molar refractivity (Wildman–Crippen MR) is 55.2 cm³/mol. The SMILES string of the molecule is COC1CCCC(N2CC(CO)C2)C1. The molecule has 3 nitrogen and oxygen atoms in total. The second kappa shape index (κ2) is 4.60. The summed E-state index contributed by atoms with van der Waals surface area (Å²) < 4.78 is 5.42. The highest BCUT2D eigenvalue weighted by Gasteiger charge is 2.34. The average Bonchev–Trinajstić information content (AvgIpc) is 2.17. The molecule has 3 heteroatoms. The van der Waals surface area contributed by atoms with Crippen LogP contribution in [0.5, 0.6) is 0 Å². The van der Waals surface area contributed by atoms with Gasteiger partial charge in [-0.05, 0) is 25.7 Å². The molecule has 0 spiro atoms. The van der Waals surface area contributed by atoms with E-state index in [2.05, 4.69) is 4.90 Å². The minimum atomic E-state index is 0.358. The summed E-state index contributed by atoms with van der Waals surface area (Å²) in [5, 5.41) is 8.95. The van der Waals surface area contributed by atoms with E-state index < -0.39 is 0 Å². The molecule has 14 heavy (non-hydrogen) atoms. The Bertz CT molecular complexity index is 180. The highest BCUT2D eigenvalue weighted by molar-refractivity contribution is 4.88. The molecule has 1 saturated heterocycles. The van der Waals surface area contributed by atoms with Crippen molar-refractivity contribution in [2.24, 2.45) is 5.92 Å². The molecule has 1 aliphatic carbocycles. The van der Waals surface area contributed by atoms with Gasteiger partial charge in [-0.25, -0.2) is 0 Å². The van der Waals surface area contributed by atoms with Crippen molar-refractivity contribution >= 4 is 0 Å². The van der Waals surface area contributed by atoms with Gasteiger partial charge < -0.3 is 9.84 Å². The van der Waals surface area contributed by atoms with Crippen LogP contribution in [-0.2, 0) is 4.74 Å². The van der Waals surface area contributed by atoms with Crippen LogP contribution in [0.1, 0.15) is 25.7 Å². The van der Waals surface area contributed by atoms with E-state index in [9.17, 15) is 0 Å². The van der Waals surface area contributed by atoms with Crippen LogP contribution < -0.4 is 0 Å². The zero-order valence-corrected chi connectivity index (χ0v) is 8.98. The molecule has 82 valence electrons. The molecule has 2 unspecified atom stereocenters. The molecular weight excluding hydrogens is 178 g/mol. The number of nitrogens with zero attached hydrogens (tertiary/aromatic N) is 1. The maximum absolute atomic E-state index is 8.95. The van der Waals surface area contributed by atoms with Crippen LogP contribution >= 0.6 is 0 Å². The molecule has 2 atom stereocenters. The van der Waals surface area contributed by atoms with Crippen molar-refractivity contribution in [3.05, 3.63) is 0 Å². The Hall–Kier alpha value is -0.120. The Morgan fingerprint density at radius 1 is 1.36 bits per heavy atom. The molecule has 1 aliphatic heterocycles. The topological polar surface area (TPSA) is 32.7 Å². The van der Waals surface area contributed by atoms with Gasteiger partial charge >= 0.3 is 0 Å². The number of ether oxygens (including phenoxy) is 1. The number of likely N-dealkylation sites (tertiary alicyclic amines) is 1. The maximum atomic E-state index is 8.95. The van der Waals surface area contributed by atoms with Crippen molar-refractivity contribution in [1.82, 2.24) is 4.90 Å². The van der Waals surface area contributed by atoms with Crippen molar-refractivity contribution in [3.8, 4) is 0 Å². The Kier molecular flexibility index (Phi) is 3.42. The summed E-state index contributed by atoms with van der Waals surface area (Å²) in [6, 6.07) is 0.719. The lowest BCUT2D eigenvalue weighted by Gasteiger charge is -2.46. The first-order chi connectivity index (χ1) is 6.83. The second-order valence-electron chi connectivity index (χ2n) is 4.68. The minimum absolute atomic E-state index is 0.358. The highest BCUT2D eigenvalue weighted by atomic mass is 16.5. The quantitative estimate of drug-likeness (QED) is 0.732. The first kappa shape index (κ1) is 10.4. The maximum Gasteiger partial charge on any atom is 0.0586 e. The molecule has 0 aromatic rings. The fraction of sp³-hybridized carbons (Fsp3) is 1.00. The van der Waals surface area contributed by atoms with Crippen molar-refractivity contribution in [1.29, 1.82) is 0 Å². The van der Waals surface area contributed by atoms with Gasteiger partial charge in [-0.2, -0.15) is 0 Å². The first-order valence-electron chi connectivity index (χ1n) is 5.71. The van der Waals surface area contributed by atoms with E-state index in [1.54, 1.807) is 0 Å². The third kappa shape index (κ3) is 2.10. The number of aliphatic hydroxyl groups excluding tert-OH is 1. The lowest BCUT2D eigenvalue weighted by molar-refractivity contribution is -0.0272. The molecule has 2 fully saturated rings. The number of methoxy groups -OCH3 is 1. The predicted octanol–water partition coefficient (Wildman–Crippen LogP) is 0.868. The van der Waals surface area contributed by atoms with Crippen LogP contribution in [0.15, 0.2) is 0 Å². The third-order valence-electron chi connectivity index (χ3n) is 3.69. The highest BCUT2D eigenvalue weighted by Crippen LogP contribution is 2.29. The van der Waals surface area contributed by atoms with E-state index in [-0.39, 0.29) is 0 Å². The third-order valence-corrected chi connectivity index (χ3v) is 3.69. The Labute approximate surface area is 86.0 Å². The van der Waals surface area contributed by atoms with E-state index >= 15 is 0 Å². The van der Waals surface area contributed by atoms with Crippen LogP contribution in [0.4, 0.5) is 0 Å². The molecule has 0 radical (unpaired) electrons. The largest absolute Gasteiger partial charge is 0.396 e. The van der Waals surface area contributed by atoms with Crippen molar-refractivity contribution in [2.75, 3.05) is 26.8 Å². The molecule has 0 aromatic heterocycles. The molecule has 1 N–H and O–H groups in total. The van der Waals surface area contributed by atoms with E-state index in [0.29, 0.717) is 18.6 Å². The van der Waals surface area contributed by atoms with Gasteiger partial charge in [0.25, 0.3) is 0 Å². The van der Waals surface area contributed by atoms with E-state index in [1.165, 1.54) is 25.7 Å². The average molecular weight is 199 g/mol. The monoisotopic (exact) mass is 199 g/mol. The smallest absolute Gasteiger partial charge is 0.0586 e. The van der Waals surface area contributed by atoms with Crippen molar-refractivity contribution < 1.29 is 9.84 Å². The molecule has 0 aromatic carbocycles. The summed E-state index contributed by atoms with van der Waals surface area (Å²) in [6.07, 6.45) is 5.50. The first-order valence-corrected chi connectivity index (χ1v) is 5.71. The van der Waals surface area contributed by atoms with Gasteiger partial charge in [0.1, 0.15) is 0 Å². The zero-order chi connectivity index (χ0) is 9.97. The fourth-order valence-electron chi connectivity index (χ4n) is 2.69. The summed E-state index contributed by atoms with van der Waals surface area (Å²) >= 11 is 0.